The van der Waals surface area contributed by atoms with Crippen LogP contribution in [0.4, 0.5) is 4.79 Å². The van der Waals surface area contributed by atoms with E-state index in [0.29, 0.717) is 6.42 Å². The Balaban J connectivity index is 2.13. The van der Waals surface area contributed by atoms with E-state index in [2.05, 4.69) is 6.58 Å². The maximum Gasteiger partial charge on any atom is 0.417 e. The minimum absolute atomic E-state index is 0.232. The summed E-state index contributed by atoms with van der Waals surface area (Å²) in [4.78, 5) is 25.0. The summed E-state index contributed by atoms with van der Waals surface area (Å²) in [5, 5.41) is 0. The van der Waals surface area contributed by atoms with Crippen LogP contribution in [-0.2, 0) is 16.0 Å². The molecular formula is C15H17NO3. The van der Waals surface area contributed by atoms with Gasteiger partial charge in [-0.2, -0.15) is 0 Å². The Morgan fingerprint density at radius 3 is 2.84 bits per heavy atom. The third kappa shape index (κ3) is 2.84. The summed E-state index contributed by atoms with van der Waals surface area (Å²) in [7, 11) is 0. The Morgan fingerprint density at radius 1 is 1.53 bits per heavy atom. The standard InChI is InChI=1S/C15H17NO3/c1-3-11(2)14(17)16-13(10-19-15(16)18)9-12-7-5-4-6-8-12/h3-8,11,13H,1,9-10H2,2H3/t11-,13?/m0/s1. The molecule has 1 aromatic carbocycles. The van der Waals surface area contributed by atoms with Gasteiger partial charge in [0.15, 0.2) is 0 Å². The summed E-state index contributed by atoms with van der Waals surface area (Å²) in [6, 6.07) is 9.52. The summed E-state index contributed by atoms with van der Waals surface area (Å²) in [5.74, 6) is -0.637. The molecule has 1 unspecified atom stereocenters. The lowest BCUT2D eigenvalue weighted by molar-refractivity contribution is -0.131. The summed E-state index contributed by atoms with van der Waals surface area (Å²) < 4.78 is 5.00. The first-order valence-corrected chi connectivity index (χ1v) is 6.29. The Bertz CT molecular complexity index is 483. The predicted octanol–water partition coefficient (Wildman–Crippen LogP) is 2.40. The SMILES string of the molecule is C=C[C@H](C)C(=O)N1C(=O)OCC1Cc1ccccc1. The van der Waals surface area contributed by atoms with Crippen molar-refractivity contribution < 1.29 is 14.3 Å². The maximum absolute atomic E-state index is 12.1. The van der Waals surface area contributed by atoms with Crippen LogP contribution in [0.1, 0.15) is 12.5 Å². The van der Waals surface area contributed by atoms with E-state index >= 15 is 0 Å². The lowest BCUT2D eigenvalue weighted by Gasteiger charge is -2.21. The van der Waals surface area contributed by atoms with Crippen molar-refractivity contribution in [2.24, 2.45) is 5.92 Å². The van der Waals surface area contributed by atoms with Gasteiger partial charge in [-0.15, -0.1) is 6.58 Å². The van der Waals surface area contributed by atoms with E-state index < -0.39 is 6.09 Å². The molecule has 1 saturated heterocycles. The van der Waals surface area contributed by atoms with Crippen LogP contribution in [0.15, 0.2) is 43.0 Å². The van der Waals surface area contributed by atoms with Crippen LogP contribution < -0.4 is 0 Å². The molecule has 2 amide bonds. The van der Waals surface area contributed by atoms with E-state index in [9.17, 15) is 9.59 Å². The number of benzene rings is 1. The minimum atomic E-state index is -0.556. The van der Waals surface area contributed by atoms with Crippen molar-refractivity contribution >= 4 is 12.0 Å². The molecule has 2 atom stereocenters. The van der Waals surface area contributed by atoms with Gasteiger partial charge in [-0.3, -0.25) is 4.79 Å². The van der Waals surface area contributed by atoms with Gasteiger partial charge in [0.2, 0.25) is 5.91 Å². The number of amides is 2. The third-order valence-electron chi connectivity index (χ3n) is 3.26. The Labute approximate surface area is 112 Å². The van der Waals surface area contributed by atoms with E-state index in [1.165, 1.54) is 11.0 Å². The molecule has 100 valence electrons. The Kier molecular flexibility index (Phi) is 4.00. The molecular weight excluding hydrogens is 242 g/mol. The Morgan fingerprint density at radius 2 is 2.21 bits per heavy atom. The van der Waals surface area contributed by atoms with Crippen molar-refractivity contribution in [2.75, 3.05) is 6.61 Å². The number of cyclic esters (lactones) is 1. The van der Waals surface area contributed by atoms with E-state index in [1.54, 1.807) is 6.92 Å². The summed E-state index contributed by atoms with van der Waals surface area (Å²) in [5.41, 5.74) is 1.08. The van der Waals surface area contributed by atoms with Crippen LogP contribution >= 0.6 is 0 Å². The van der Waals surface area contributed by atoms with Crippen molar-refractivity contribution in [1.82, 2.24) is 4.90 Å². The van der Waals surface area contributed by atoms with Crippen molar-refractivity contribution in [3.05, 3.63) is 48.6 Å². The number of imide groups is 1. The molecule has 4 nitrogen and oxygen atoms in total. The molecule has 1 aliphatic rings. The normalized spacial score (nSPS) is 19.9. The average Bonchev–Trinajstić information content (AvgIpc) is 2.79. The molecule has 1 aliphatic heterocycles. The summed E-state index contributed by atoms with van der Waals surface area (Å²) >= 11 is 0. The highest BCUT2D eigenvalue weighted by Crippen LogP contribution is 2.20. The van der Waals surface area contributed by atoms with Gasteiger partial charge < -0.3 is 4.74 Å². The molecule has 4 heteroatoms. The van der Waals surface area contributed by atoms with Gasteiger partial charge in [-0.25, -0.2) is 9.69 Å². The zero-order valence-electron chi connectivity index (χ0n) is 10.9. The van der Waals surface area contributed by atoms with Crippen molar-refractivity contribution in [3.8, 4) is 0 Å². The Hall–Kier alpha value is -2.10. The molecule has 0 aromatic heterocycles. The molecule has 19 heavy (non-hydrogen) atoms. The molecule has 2 rings (SSSR count). The van der Waals surface area contributed by atoms with Crippen LogP contribution in [-0.4, -0.2) is 29.5 Å². The molecule has 0 bridgehead atoms. The molecule has 0 radical (unpaired) electrons. The minimum Gasteiger partial charge on any atom is -0.447 e. The predicted molar refractivity (Wildman–Crippen MR) is 71.5 cm³/mol. The van der Waals surface area contributed by atoms with Crippen LogP contribution in [0.25, 0.3) is 0 Å². The van der Waals surface area contributed by atoms with E-state index in [4.69, 9.17) is 4.74 Å². The topological polar surface area (TPSA) is 46.6 Å². The number of carbonyl (C=O) groups excluding carboxylic acids is 2. The van der Waals surface area contributed by atoms with Gasteiger partial charge >= 0.3 is 6.09 Å². The van der Waals surface area contributed by atoms with Gasteiger partial charge in [0.1, 0.15) is 6.61 Å². The lowest BCUT2D eigenvalue weighted by Crippen LogP contribution is -2.42. The zero-order chi connectivity index (χ0) is 13.8. The van der Waals surface area contributed by atoms with Crippen LogP contribution in [0.3, 0.4) is 0 Å². The van der Waals surface area contributed by atoms with Crippen molar-refractivity contribution in [2.45, 2.75) is 19.4 Å². The number of rotatable bonds is 4. The van der Waals surface area contributed by atoms with E-state index in [1.807, 2.05) is 30.3 Å². The number of hydrogen-bond acceptors (Lipinski definition) is 3. The number of carbonyl (C=O) groups is 2. The fraction of sp³-hybridized carbons (Fsp3) is 0.333. The maximum atomic E-state index is 12.1. The highest BCUT2D eigenvalue weighted by Gasteiger charge is 2.38. The smallest absolute Gasteiger partial charge is 0.417 e. The van der Waals surface area contributed by atoms with Gasteiger partial charge in [-0.05, 0) is 12.0 Å². The number of nitrogens with zero attached hydrogens (tertiary/aromatic N) is 1. The first-order chi connectivity index (χ1) is 9.13. The fourth-order valence-electron chi connectivity index (χ4n) is 2.09. The largest absolute Gasteiger partial charge is 0.447 e. The number of hydrogen-bond donors (Lipinski definition) is 0. The lowest BCUT2D eigenvalue weighted by atomic mass is 10.0. The molecule has 0 N–H and O–H groups in total. The van der Waals surface area contributed by atoms with E-state index in [0.717, 1.165) is 5.56 Å². The highest BCUT2D eigenvalue weighted by atomic mass is 16.6. The second kappa shape index (κ2) is 5.69. The van der Waals surface area contributed by atoms with Crippen LogP contribution in [0, 0.1) is 5.92 Å². The fourth-order valence-corrected chi connectivity index (χ4v) is 2.09. The summed E-state index contributed by atoms with van der Waals surface area (Å²) in [6.45, 7) is 5.56. The molecule has 0 spiro atoms. The third-order valence-corrected chi connectivity index (χ3v) is 3.26. The van der Waals surface area contributed by atoms with Crippen molar-refractivity contribution in [1.29, 1.82) is 0 Å². The first-order valence-electron chi connectivity index (χ1n) is 6.29. The van der Waals surface area contributed by atoms with Crippen molar-refractivity contribution in [3.63, 3.8) is 0 Å². The zero-order valence-corrected chi connectivity index (χ0v) is 10.9. The van der Waals surface area contributed by atoms with Crippen LogP contribution in [0.2, 0.25) is 0 Å². The quantitative estimate of drug-likeness (QED) is 0.780. The molecule has 1 fully saturated rings. The molecule has 0 aliphatic carbocycles. The second-order valence-electron chi connectivity index (χ2n) is 4.65. The molecule has 1 heterocycles. The van der Waals surface area contributed by atoms with Gasteiger partial charge in [0, 0.05) is 0 Å². The van der Waals surface area contributed by atoms with Gasteiger partial charge in [0.05, 0.1) is 12.0 Å². The van der Waals surface area contributed by atoms with Gasteiger partial charge in [0.25, 0.3) is 0 Å². The van der Waals surface area contributed by atoms with E-state index in [-0.39, 0.29) is 24.5 Å². The first kappa shape index (κ1) is 13.3. The van der Waals surface area contributed by atoms with Crippen LogP contribution in [0.5, 0.6) is 0 Å². The molecule has 1 aromatic rings. The summed E-state index contributed by atoms with van der Waals surface area (Å²) in [6.07, 6.45) is 1.59. The van der Waals surface area contributed by atoms with Gasteiger partial charge in [-0.1, -0.05) is 43.3 Å². The number of ether oxygens (including phenoxy) is 1. The average molecular weight is 259 g/mol. The second-order valence-corrected chi connectivity index (χ2v) is 4.65. The monoisotopic (exact) mass is 259 g/mol. The molecule has 0 saturated carbocycles. The highest BCUT2D eigenvalue weighted by molar-refractivity contribution is 5.95.